The van der Waals surface area contributed by atoms with Crippen LogP contribution in [0.4, 0.5) is 0 Å². The molecule has 0 radical (unpaired) electrons. The first-order valence-corrected chi connectivity index (χ1v) is 8.84. The van der Waals surface area contributed by atoms with Crippen molar-refractivity contribution in [2.75, 3.05) is 14.2 Å². The van der Waals surface area contributed by atoms with Gasteiger partial charge in [-0.25, -0.2) is 0 Å². The molecule has 2 aromatic rings. The van der Waals surface area contributed by atoms with Crippen molar-refractivity contribution in [3.63, 3.8) is 0 Å². The zero-order valence-electron chi connectivity index (χ0n) is 17.0. The second-order valence-electron chi connectivity index (χ2n) is 6.54. The number of hydrogen-bond donors (Lipinski definition) is 1. The molecule has 7 nitrogen and oxygen atoms in total. The van der Waals surface area contributed by atoms with Crippen LogP contribution in [0.3, 0.4) is 0 Å². The van der Waals surface area contributed by atoms with E-state index in [4.69, 9.17) is 14.2 Å². The van der Waals surface area contributed by atoms with E-state index < -0.39 is 12.1 Å². The monoisotopic (exact) mass is 387 g/mol. The third-order valence-electron chi connectivity index (χ3n) is 4.51. The van der Waals surface area contributed by atoms with Crippen LogP contribution >= 0.6 is 0 Å². The number of H-pyrrole nitrogens is 1. The molecule has 0 bridgehead atoms. The average Bonchev–Trinajstić information content (AvgIpc) is 2.94. The van der Waals surface area contributed by atoms with Crippen molar-refractivity contribution in [3.05, 3.63) is 46.3 Å². The van der Waals surface area contributed by atoms with E-state index in [0.717, 1.165) is 0 Å². The van der Waals surface area contributed by atoms with E-state index in [-0.39, 0.29) is 23.7 Å². The number of nitrogens with one attached hydrogen (secondary N) is 1. The Morgan fingerprint density at radius 1 is 1.07 bits per heavy atom. The second-order valence-corrected chi connectivity index (χ2v) is 6.54. The van der Waals surface area contributed by atoms with Crippen molar-refractivity contribution in [1.29, 1.82) is 0 Å². The van der Waals surface area contributed by atoms with E-state index in [1.54, 1.807) is 32.0 Å². The van der Waals surface area contributed by atoms with E-state index >= 15 is 0 Å². The molecule has 28 heavy (non-hydrogen) atoms. The van der Waals surface area contributed by atoms with Crippen molar-refractivity contribution in [1.82, 2.24) is 4.98 Å². The lowest BCUT2D eigenvalue weighted by molar-refractivity contribution is -0.145. The van der Waals surface area contributed by atoms with Gasteiger partial charge in [-0.1, -0.05) is 6.07 Å². The van der Waals surface area contributed by atoms with E-state index in [2.05, 4.69) is 4.98 Å². The number of aryl methyl sites for hydroxylation is 1. The second kappa shape index (κ2) is 8.73. The summed E-state index contributed by atoms with van der Waals surface area (Å²) in [6.07, 6.45) is -0.997. The Hall–Kier alpha value is -3.09. The summed E-state index contributed by atoms with van der Waals surface area (Å²) in [5.41, 5.74) is 2.64. The highest BCUT2D eigenvalue weighted by molar-refractivity contribution is 6.05. The number of ether oxygens (including phenoxy) is 3. The summed E-state index contributed by atoms with van der Waals surface area (Å²) in [7, 11) is 3.04. The van der Waals surface area contributed by atoms with Crippen molar-refractivity contribution >= 4 is 17.5 Å². The van der Waals surface area contributed by atoms with Gasteiger partial charge < -0.3 is 19.2 Å². The Balaban J connectivity index is 2.09. The molecule has 0 saturated heterocycles. The molecule has 150 valence electrons. The maximum absolute atomic E-state index is 12.7. The van der Waals surface area contributed by atoms with Crippen LogP contribution in [0, 0.1) is 13.8 Å². The van der Waals surface area contributed by atoms with Crippen LogP contribution in [-0.4, -0.2) is 42.8 Å². The summed E-state index contributed by atoms with van der Waals surface area (Å²) >= 11 is 0. The molecule has 1 N–H and O–H groups in total. The van der Waals surface area contributed by atoms with Gasteiger partial charge in [0.2, 0.25) is 5.78 Å². The lowest BCUT2D eigenvalue weighted by atomic mass is 10.0. The Labute approximate surface area is 164 Å². The van der Waals surface area contributed by atoms with Crippen LogP contribution in [0.1, 0.15) is 51.5 Å². The van der Waals surface area contributed by atoms with Crippen molar-refractivity contribution in [2.24, 2.45) is 0 Å². The molecule has 0 saturated carbocycles. The van der Waals surface area contributed by atoms with Crippen LogP contribution < -0.4 is 9.47 Å². The molecule has 0 aliphatic carbocycles. The number of esters is 1. The van der Waals surface area contributed by atoms with E-state index in [0.29, 0.717) is 33.9 Å². The Morgan fingerprint density at radius 3 is 2.25 bits per heavy atom. The van der Waals surface area contributed by atoms with Crippen LogP contribution in [-0.2, 0) is 16.0 Å². The number of ketones is 2. The first-order chi connectivity index (χ1) is 13.2. The predicted molar refractivity (Wildman–Crippen MR) is 103 cm³/mol. The molecule has 1 aromatic heterocycles. The highest BCUT2D eigenvalue weighted by Crippen LogP contribution is 2.28. The minimum Gasteiger partial charge on any atom is -0.493 e. The smallest absolute Gasteiger partial charge is 0.310 e. The van der Waals surface area contributed by atoms with Gasteiger partial charge in [-0.3, -0.25) is 14.4 Å². The number of hydrogen-bond acceptors (Lipinski definition) is 6. The zero-order valence-corrected chi connectivity index (χ0v) is 17.0. The van der Waals surface area contributed by atoms with Gasteiger partial charge in [-0.05, 0) is 51.0 Å². The molecule has 0 unspecified atom stereocenters. The molecule has 2 rings (SSSR count). The number of rotatable bonds is 8. The van der Waals surface area contributed by atoms with Crippen LogP contribution in [0.2, 0.25) is 0 Å². The third-order valence-corrected chi connectivity index (χ3v) is 4.51. The summed E-state index contributed by atoms with van der Waals surface area (Å²) in [5, 5.41) is 0. The molecule has 1 atom stereocenters. The lowest BCUT2D eigenvalue weighted by Crippen LogP contribution is -2.26. The standard InChI is InChI=1S/C21H25NO6/c1-11-19(13(3)23)12(2)22-20(11)21(25)14(4)28-18(24)10-15-7-8-16(26-5)17(9-15)27-6/h7-9,14,22H,10H2,1-6H3/t14-/m0/s1. The van der Waals surface area contributed by atoms with Gasteiger partial charge in [0.05, 0.1) is 26.3 Å². The molecule has 0 spiro atoms. The molecule has 0 fully saturated rings. The van der Waals surface area contributed by atoms with Gasteiger partial charge in [-0.2, -0.15) is 0 Å². The lowest BCUT2D eigenvalue weighted by Gasteiger charge is -2.13. The first kappa shape index (κ1) is 21.2. The number of aromatic amines is 1. The number of aromatic nitrogens is 1. The van der Waals surface area contributed by atoms with E-state index in [9.17, 15) is 14.4 Å². The van der Waals surface area contributed by atoms with Gasteiger partial charge >= 0.3 is 5.97 Å². The maximum Gasteiger partial charge on any atom is 0.310 e. The molecule has 7 heteroatoms. The summed E-state index contributed by atoms with van der Waals surface area (Å²) in [6.45, 7) is 6.39. The van der Waals surface area contributed by atoms with Crippen LogP contribution in [0.5, 0.6) is 11.5 Å². The van der Waals surface area contributed by atoms with Crippen molar-refractivity contribution in [2.45, 2.75) is 40.2 Å². The van der Waals surface area contributed by atoms with Crippen LogP contribution in [0.15, 0.2) is 18.2 Å². The summed E-state index contributed by atoms with van der Waals surface area (Å²) in [5.74, 6) is 0.0196. The van der Waals surface area contributed by atoms with Gasteiger partial charge in [0, 0.05) is 11.3 Å². The largest absolute Gasteiger partial charge is 0.493 e. The van der Waals surface area contributed by atoms with Crippen molar-refractivity contribution in [3.8, 4) is 11.5 Å². The molecule has 0 aliphatic heterocycles. The number of benzene rings is 1. The fourth-order valence-corrected chi connectivity index (χ4v) is 3.18. The molecule has 0 amide bonds. The maximum atomic E-state index is 12.7. The zero-order chi connectivity index (χ0) is 21.0. The van der Waals surface area contributed by atoms with Gasteiger partial charge in [-0.15, -0.1) is 0 Å². The Morgan fingerprint density at radius 2 is 1.71 bits per heavy atom. The summed E-state index contributed by atoms with van der Waals surface area (Å²) < 4.78 is 15.7. The summed E-state index contributed by atoms with van der Waals surface area (Å²) in [6, 6.07) is 5.11. The Bertz CT molecular complexity index is 912. The predicted octanol–water partition coefficient (Wildman–Crippen LogP) is 3.21. The molecule has 1 aromatic carbocycles. The highest BCUT2D eigenvalue weighted by atomic mass is 16.5. The van der Waals surface area contributed by atoms with Crippen LogP contribution in [0.25, 0.3) is 0 Å². The van der Waals surface area contributed by atoms with E-state index in [1.165, 1.54) is 28.1 Å². The molecular formula is C21H25NO6. The molecule has 1 heterocycles. The SMILES string of the molecule is COc1ccc(CC(=O)O[C@@H](C)C(=O)c2[nH]c(C)c(C(C)=O)c2C)cc1OC. The number of carbonyl (C=O) groups excluding carboxylic acids is 3. The normalized spacial score (nSPS) is 11.6. The minimum atomic E-state index is -0.982. The average molecular weight is 387 g/mol. The minimum absolute atomic E-state index is 0.0145. The van der Waals surface area contributed by atoms with Gasteiger partial charge in [0.15, 0.2) is 23.4 Å². The number of carbonyl (C=O) groups is 3. The quantitative estimate of drug-likeness (QED) is 0.552. The fourth-order valence-electron chi connectivity index (χ4n) is 3.18. The Kier molecular flexibility index (Phi) is 6.62. The molecule has 0 aliphatic rings. The third kappa shape index (κ3) is 4.42. The number of methoxy groups -OCH3 is 2. The summed E-state index contributed by atoms with van der Waals surface area (Å²) in [4.78, 5) is 39.6. The highest BCUT2D eigenvalue weighted by Gasteiger charge is 2.26. The molecular weight excluding hydrogens is 362 g/mol. The fraction of sp³-hybridized carbons (Fsp3) is 0.381. The topological polar surface area (TPSA) is 94.7 Å². The van der Waals surface area contributed by atoms with Gasteiger partial charge in [0.1, 0.15) is 0 Å². The van der Waals surface area contributed by atoms with Crippen molar-refractivity contribution < 1.29 is 28.6 Å². The first-order valence-electron chi connectivity index (χ1n) is 8.84. The van der Waals surface area contributed by atoms with E-state index in [1.807, 2.05) is 0 Å². The number of Topliss-reactive ketones (excluding diaryl/α,β-unsaturated/α-hetero) is 2. The van der Waals surface area contributed by atoms with Gasteiger partial charge in [0.25, 0.3) is 0 Å².